The third kappa shape index (κ3) is 2.97. The van der Waals surface area contributed by atoms with Gasteiger partial charge in [-0.3, -0.25) is 4.79 Å². The maximum absolute atomic E-state index is 12.1. The maximum Gasteiger partial charge on any atom is 0.166 e. The van der Waals surface area contributed by atoms with Crippen LogP contribution in [0.3, 0.4) is 0 Å². The Bertz CT molecular complexity index is 392. The highest BCUT2D eigenvalue weighted by Gasteiger charge is 2.20. The second-order valence-corrected chi connectivity index (χ2v) is 5.70. The first kappa shape index (κ1) is 13.0. The van der Waals surface area contributed by atoms with E-state index in [1.54, 1.807) is 0 Å². The van der Waals surface area contributed by atoms with Crippen molar-refractivity contribution in [3.63, 3.8) is 0 Å². The normalized spacial score (nSPS) is 11.9. The summed E-state index contributed by atoms with van der Waals surface area (Å²) < 4.78 is 5.48. The Hall–Kier alpha value is -1.05. The van der Waals surface area contributed by atoms with Crippen LogP contribution in [0.25, 0.3) is 0 Å². The van der Waals surface area contributed by atoms with Gasteiger partial charge in [0, 0.05) is 12.0 Å². The van der Waals surface area contributed by atoms with Crippen molar-refractivity contribution in [2.45, 2.75) is 54.4 Å². The van der Waals surface area contributed by atoms with Gasteiger partial charge in [0.25, 0.3) is 0 Å². The SMILES string of the molecule is Cc1oc(C)c(C(=O)CCC(C)(C)C)c1C. The fourth-order valence-corrected chi connectivity index (χ4v) is 1.82. The second-order valence-electron chi connectivity index (χ2n) is 5.70. The molecule has 0 radical (unpaired) electrons. The summed E-state index contributed by atoms with van der Waals surface area (Å²) in [6, 6.07) is 0. The van der Waals surface area contributed by atoms with E-state index in [4.69, 9.17) is 4.42 Å². The molecule has 0 aliphatic carbocycles. The van der Waals surface area contributed by atoms with Gasteiger partial charge in [-0.15, -0.1) is 0 Å². The van der Waals surface area contributed by atoms with Gasteiger partial charge in [-0.25, -0.2) is 0 Å². The van der Waals surface area contributed by atoms with Crippen molar-refractivity contribution in [2.75, 3.05) is 0 Å². The molecule has 2 nitrogen and oxygen atoms in total. The molecule has 0 atom stereocenters. The average Bonchev–Trinajstić information content (AvgIpc) is 2.36. The molecule has 0 amide bonds. The zero-order valence-electron chi connectivity index (χ0n) is 11.2. The number of rotatable bonds is 3. The molecule has 0 bridgehead atoms. The Morgan fingerprint density at radius 2 is 1.69 bits per heavy atom. The van der Waals surface area contributed by atoms with Gasteiger partial charge in [0.05, 0.1) is 5.56 Å². The Morgan fingerprint density at radius 1 is 1.12 bits per heavy atom. The van der Waals surface area contributed by atoms with Crippen molar-refractivity contribution in [1.82, 2.24) is 0 Å². The summed E-state index contributed by atoms with van der Waals surface area (Å²) in [5.74, 6) is 1.83. The molecule has 2 heteroatoms. The quantitative estimate of drug-likeness (QED) is 0.717. The van der Waals surface area contributed by atoms with Crippen molar-refractivity contribution in [2.24, 2.45) is 5.41 Å². The monoisotopic (exact) mass is 222 g/mol. The molecule has 16 heavy (non-hydrogen) atoms. The van der Waals surface area contributed by atoms with Gasteiger partial charge in [0.2, 0.25) is 0 Å². The van der Waals surface area contributed by atoms with Crippen LogP contribution in [-0.4, -0.2) is 5.78 Å². The minimum absolute atomic E-state index is 0.205. The van der Waals surface area contributed by atoms with E-state index < -0.39 is 0 Å². The van der Waals surface area contributed by atoms with E-state index in [2.05, 4.69) is 20.8 Å². The smallest absolute Gasteiger partial charge is 0.166 e. The molecule has 0 saturated carbocycles. The van der Waals surface area contributed by atoms with Gasteiger partial charge >= 0.3 is 0 Å². The Kier molecular flexibility index (Phi) is 3.61. The zero-order valence-corrected chi connectivity index (χ0v) is 11.2. The summed E-state index contributed by atoms with van der Waals surface area (Å²) in [6.45, 7) is 12.2. The molecule has 1 rings (SSSR count). The molecular weight excluding hydrogens is 200 g/mol. The minimum atomic E-state index is 0.205. The number of aryl methyl sites for hydroxylation is 2. The molecule has 1 heterocycles. The van der Waals surface area contributed by atoms with Crippen LogP contribution < -0.4 is 0 Å². The number of ketones is 1. The molecule has 0 N–H and O–H groups in total. The third-order valence-corrected chi connectivity index (χ3v) is 2.94. The van der Waals surface area contributed by atoms with Crippen molar-refractivity contribution in [1.29, 1.82) is 0 Å². The topological polar surface area (TPSA) is 30.2 Å². The number of Topliss-reactive ketones (excluding diaryl/α,β-unsaturated/α-hetero) is 1. The minimum Gasteiger partial charge on any atom is -0.466 e. The fraction of sp³-hybridized carbons (Fsp3) is 0.643. The van der Waals surface area contributed by atoms with Gasteiger partial charge in [-0.2, -0.15) is 0 Å². The van der Waals surface area contributed by atoms with E-state index in [1.807, 2.05) is 20.8 Å². The number of carbonyl (C=O) groups is 1. The molecule has 0 aliphatic rings. The van der Waals surface area contributed by atoms with E-state index in [0.717, 1.165) is 29.1 Å². The van der Waals surface area contributed by atoms with Crippen LogP contribution in [0.4, 0.5) is 0 Å². The molecule has 0 aromatic carbocycles. The summed E-state index contributed by atoms with van der Waals surface area (Å²) in [7, 11) is 0. The Balaban J connectivity index is 2.81. The van der Waals surface area contributed by atoms with E-state index in [1.165, 1.54) is 0 Å². The predicted molar refractivity (Wildman–Crippen MR) is 65.9 cm³/mol. The van der Waals surface area contributed by atoms with Gasteiger partial charge in [-0.1, -0.05) is 20.8 Å². The van der Waals surface area contributed by atoms with Crippen LogP contribution >= 0.6 is 0 Å². The maximum atomic E-state index is 12.1. The number of carbonyl (C=O) groups excluding carboxylic acids is 1. The molecule has 0 unspecified atom stereocenters. The van der Waals surface area contributed by atoms with E-state index in [0.29, 0.717) is 6.42 Å². The summed E-state index contributed by atoms with van der Waals surface area (Å²) >= 11 is 0. The summed E-state index contributed by atoms with van der Waals surface area (Å²) in [4.78, 5) is 12.1. The standard InChI is InChI=1S/C14H22O2/c1-9-10(2)16-11(3)13(9)12(15)7-8-14(4,5)6/h7-8H2,1-6H3. The molecule has 0 fully saturated rings. The Morgan fingerprint density at radius 3 is 2.06 bits per heavy atom. The number of hydrogen-bond acceptors (Lipinski definition) is 2. The fourth-order valence-electron chi connectivity index (χ4n) is 1.82. The van der Waals surface area contributed by atoms with Crippen molar-refractivity contribution >= 4 is 5.78 Å². The largest absolute Gasteiger partial charge is 0.466 e. The van der Waals surface area contributed by atoms with Crippen molar-refractivity contribution < 1.29 is 9.21 Å². The van der Waals surface area contributed by atoms with Gasteiger partial charge in [0.15, 0.2) is 5.78 Å². The molecule has 90 valence electrons. The summed E-state index contributed by atoms with van der Waals surface area (Å²) in [5, 5.41) is 0. The van der Waals surface area contributed by atoms with Crippen LogP contribution in [0.5, 0.6) is 0 Å². The van der Waals surface area contributed by atoms with E-state index in [9.17, 15) is 4.79 Å². The first-order valence-corrected chi connectivity index (χ1v) is 5.82. The lowest BCUT2D eigenvalue weighted by Crippen LogP contribution is -2.10. The van der Waals surface area contributed by atoms with Crippen LogP contribution in [0.2, 0.25) is 0 Å². The summed E-state index contributed by atoms with van der Waals surface area (Å²) in [6.07, 6.45) is 1.51. The van der Waals surface area contributed by atoms with E-state index in [-0.39, 0.29) is 11.2 Å². The molecule has 1 aromatic rings. The zero-order chi connectivity index (χ0) is 12.5. The first-order valence-electron chi connectivity index (χ1n) is 5.82. The van der Waals surface area contributed by atoms with E-state index >= 15 is 0 Å². The van der Waals surface area contributed by atoms with Crippen molar-refractivity contribution in [3.8, 4) is 0 Å². The lowest BCUT2D eigenvalue weighted by atomic mass is 9.88. The van der Waals surface area contributed by atoms with Gasteiger partial charge in [-0.05, 0) is 32.6 Å². The average molecular weight is 222 g/mol. The predicted octanol–water partition coefficient (Wildman–Crippen LogP) is 4.21. The number of hydrogen-bond donors (Lipinski definition) is 0. The van der Waals surface area contributed by atoms with Gasteiger partial charge in [0.1, 0.15) is 11.5 Å². The molecular formula is C14H22O2. The summed E-state index contributed by atoms with van der Waals surface area (Å²) in [5.41, 5.74) is 1.99. The first-order chi connectivity index (χ1) is 7.22. The van der Waals surface area contributed by atoms with Crippen LogP contribution in [0.1, 0.15) is 61.1 Å². The third-order valence-electron chi connectivity index (χ3n) is 2.94. The van der Waals surface area contributed by atoms with Crippen LogP contribution in [0.15, 0.2) is 4.42 Å². The highest BCUT2D eigenvalue weighted by molar-refractivity contribution is 5.98. The molecule has 0 spiro atoms. The second kappa shape index (κ2) is 4.44. The van der Waals surface area contributed by atoms with Crippen LogP contribution in [-0.2, 0) is 0 Å². The number of furan rings is 1. The highest BCUT2D eigenvalue weighted by atomic mass is 16.3. The van der Waals surface area contributed by atoms with Gasteiger partial charge < -0.3 is 4.42 Å². The lowest BCUT2D eigenvalue weighted by molar-refractivity contribution is 0.0964. The van der Waals surface area contributed by atoms with Crippen LogP contribution in [0, 0.1) is 26.2 Å². The molecule has 0 aliphatic heterocycles. The molecule has 1 aromatic heterocycles. The lowest BCUT2D eigenvalue weighted by Gasteiger charge is -2.16. The highest BCUT2D eigenvalue weighted by Crippen LogP contribution is 2.26. The van der Waals surface area contributed by atoms with Crippen molar-refractivity contribution in [3.05, 3.63) is 22.6 Å². The molecule has 0 saturated heterocycles. The Labute approximate surface area is 98.0 Å².